The third-order valence-corrected chi connectivity index (χ3v) is 2.19. The minimum atomic E-state index is -0.913. The maximum atomic E-state index is 10.2. The number of nitrogens with zero attached hydrogens (tertiary/aromatic N) is 2. The summed E-state index contributed by atoms with van der Waals surface area (Å²) in [5, 5.41) is 8.93. The standard InChI is InChI=1S/C9H12N2O2/c1-8(2)5-9(6-10,11-7-12)3-4-13-8/h3-5H2,1-2H3. The molecule has 0 spiro atoms. The van der Waals surface area contributed by atoms with Crippen molar-refractivity contribution in [3.63, 3.8) is 0 Å². The molecule has 13 heavy (non-hydrogen) atoms. The molecule has 1 heterocycles. The lowest BCUT2D eigenvalue weighted by atomic mass is 9.83. The Morgan fingerprint density at radius 3 is 2.69 bits per heavy atom. The third-order valence-electron chi connectivity index (χ3n) is 2.19. The first kappa shape index (κ1) is 9.91. The lowest BCUT2D eigenvalue weighted by Crippen LogP contribution is -2.43. The molecule has 1 fully saturated rings. The van der Waals surface area contributed by atoms with Crippen LogP contribution in [0.5, 0.6) is 0 Å². The zero-order valence-corrected chi connectivity index (χ0v) is 7.83. The van der Waals surface area contributed by atoms with Crippen molar-refractivity contribution < 1.29 is 9.53 Å². The van der Waals surface area contributed by atoms with Crippen LogP contribution in [0.3, 0.4) is 0 Å². The molecule has 0 aromatic carbocycles. The van der Waals surface area contributed by atoms with E-state index in [0.29, 0.717) is 19.4 Å². The van der Waals surface area contributed by atoms with Gasteiger partial charge in [-0.25, -0.2) is 4.79 Å². The van der Waals surface area contributed by atoms with Crippen LogP contribution < -0.4 is 0 Å². The van der Waals surface area contributed by atoms with Gasteiger partial charge in [0.1, 0.15) is 0 Å². The molecule has 1 aliphatic heterocycles. The number of hydrogen-bond acceptors (Lipinski definition) is 4. The zero-order valence-electron chi connectivity index (χ0n) is 7.83. The number of aliphatic imine (C=N–C) groups is 1. The first-order valence-electron chi connectivity index (χ1n) is 4.18. The topological polar surface area (TPSA) is 62.5 Å². The van der Waals surface area contributed by atoms with E-state index in [1.807, 2.05) is 13.8 Å². The van der Waals surface area contributed by atoms with E-state index in [1.165, 1.54) is 6.08 Å². The minimum Gasteiger partial charge on any atom is -0.375 e. The Kier molecular flexibility index (Phi) is 2.51. The molecule has 0 bridgehead atoms. The summed E-state index contributed by atoms with van der Waals surface area (Å²) in [6.07, 6.45) is 2.39. The molecule has 0 saturated carbocycles. The van der Waals surface area contributed by atoms with Crippen LogP contribution in [0.25, 0.3) is 0 Å². The van der Waals surface area contributed by atoms with E-state index < -0.39 is 5.54 Å². The normalized spacial score (nSPS) is 31.5. The van der Waals surface area contributed by atoms with E-state index in [1.54, 1.807) is 0 Å². The number of isocyanates is 1. The van der Waals surface area contributed by atoms with Gasteiger partial charge in [0.05, 0.1) is 18.3 Å². The minimum absolute atomic E-state index is 0.381. The van der Waals surface area contributed by atoms with Gasteiger partial charge in [-0.3, -0.25) is 0 Å². The van der Waals surface area contributed by atoms with E-state index in [-0.39, 0.29) is 5.60 Å². The highest BCUT2D eigenvalue weighted by molar-refractivity contribution is 5.37. The van der Waals surface area contributed by atoms with E-state index in [9.17, 15) is 4.79 Å². The van der Waals surface area contributed by atoms with E-state index in [2.05, 4.69) is 11.1 Å². The fraction of sp³-hybridized carbons (Fsp3) is 0.778. The van der Waals surface area contributed by atoms with Crippen LogP contribution in [-0.2, 0) is 9.53 Å². The van der Waals surface area contributed by atoms with Crippen LogP contribution in [0.1, 0.15) is 26.7 Å². The van der Waals surface area contributed by atoms with Gasteiger partial charge < -0.3 is 4.74 Å². The van der Waals surface area contributed by atoms with Crippen LogP contribution in [0.4, 0.5) is 0 Å². The summed E-state index contributed by atoms with van der Waals surface area (Å²) in [6, 6.07) is 2.06. The zero-order chi connectivity index (χ0) is 9.95. The van der Waals surface area contributed by atoms with E-state index in [4.69, 9.17) is 10.00 Å². The van der Waals surface area contributed by atoms with Crippen molar-refractivity contribution in [3.8, 4) is 6.07 Å². The van der Waals surface area contributed by atoms with Crippen LogP contribution in [-0.4, -0.2) is 23.8 Å². The summed E-state index contributed by atoms with van der Waals surface area (Å²) in [5.41, 5.74) is -1.29. The maximum absolute atomic E-state index is 10.2. The molecule has 1 unspecified atom stereocenters. The van der Waals surface area contributed by atoms with E-state index >= 15 is 0 Å². The van der Waals surface area contributed by atoms with Crippen molar-refractivity contribution in [2.45, 2.75) is 37.8 Å². The highest BCUT2D eigenvalue weighted by Gasteiger charge is 2.41. The predicted octanol–water partition coefficient (Wildman–Crippen LogP) is 1.17. The molecule has 4 nitrogen and oxygen atoms in total. The smallest absolute Gasteiger partial charge is 0.236 e. The van der Waals surface area contributed by atoms with Gasteiger partial charge in [-0.1, -0.05) is 0 Å². The van der Waals surface area contributed by atoms with Crippen molar-refractivity contribution in [2.75, 3.05) is 6.61 Å². The summed E-state index contributed by atoms with van der Waals surface area (Å²) in [6.45, 7) is 4.24. The molecular weight excluding hydrogens is 168 g/mol. The molecule has 1 rings (SSSR count). The summed E-state index contributed by atoms with van der Waals surface area (Å²) in [7, 11) is 0. The van der Waals surface area contributed by atoms with E-state index in [0.717, 1.165) is 0 Å². The molecule has 4 heteroatoms. The van der Waals surface area contributed by atoms with Gasteiger partial charge in [-0.05, 0) is 13.8 Å². The van der Waals surface area contributed by atoms with Crippen molar-refractivity contribution in [1.82, 2.24) is 0 Å². The number of hydrogen-bond donors (Lipinski definition) is 0. The molecule has 0 N–H and O–H groups in total. The molecule has 1 atom stereocenters. The first-order chi connectivity index (χ1) is 6.04. The molecule has 0 aromatic heterocycles. The molecule has 0 aliphatic carbocycles. The first-order valence-corrected chi connectivity index (χ1v) is 4.18. The molecular formula is C9H12N2O2. The van der Waals surface area contributed by atoms with Gasteiger partial charge in [0.25, 0.3) is 0 Å². The summed E-state index contributed by atoms with van der Waals surface area (Å²) < 4.78 is 5.43. The SMILES string of the molecule is CC1(C)CC(C#N)(N=C=O)CCO1. The monoisotopic (exact) mass is 180 g/mol. The average molecular weight is 180 g/mol. The second-order valence-electron chi connectivity index (χ2n) is 3.88. The predicted molar refractivity (Wildman–Crippen MR) is 45.7 cm³/mol. The second kappa shape index (κ2) is 3.29. The Labute approximate surface area is 77.2 Å². The van der Waals surface area contributed by atoms with Gasteiger partial charge in [0, 0.05) is 12.8 Å². The van der Waals surface area contributed by atoms with Crippen LogP contribution in [0, 0.1) is 11.3 Å². The fourth-order valence-corrected chi connectivity index (χ4v) is 1.64. The van der Waals surface area contributed by atoms with Crippen molar-refractivity contribution in [1.29, 1.82) is 5.26 Å². The number of ether oxygens (including phenoxy) is 1. The molecule has 0 amide bonds. The van der Waals surface area contributed by atoms with Crippen LogP contribution >= 0.6 is 0 Å². The Morgan fingerprint density at radius 2 is 2.23 bits per heavy atom. The van der Waals surface area contributed by atoms with Crippen molar-refractivity contribution in [2.24, 2.45) is 4.99 Å². The van der Waals surface area contributed by atoms with Crippen LogP contribution in [0.15, 0.2) is 4.99 Å². The quantitative estimate of drug-likeness (QED) is 0.449. The summed E-state index contributed by atoms with van der Waals surface area (Å²) in [5.74, 6) is 0. The molecule has 0 radical (unpaired) electrons. The Morgan fingerprint density at radius 1 is 1.54 bits per heavy atom. The largest absolute Gasteiger partial charge is 0.375 e. The van der Waals surface area contributed by atoms with Crippen LogP contribution in [0.2, 0.25) is 0 Å². The highest BCUT2D eigenvalue weighted by Crippen LogP contribution is 2.33. The maximum Gasteiger partial charge on any atom is 0.236 e. The van der Waals surface area contributed by atoms with Gasteiger partial charge in [-0.2, -0.15) is 10.3 Å². The van der Waals surface area contributed by atoms with Crippen molar-refractivity contribution >= 4 is 6.08 Å². The van der Waals surface area contributed by atoms with Gasteiger partial charge in [0.15, 0.2) is 5.54 Å². The van der Waals surface area contributed by atoms with Gasteiger partial charge >= 0.3 is 0 Å². The van der Waals surface area contributed by atoms with Crippen molar-refractivity contribution in [3.05, 3.63) is 0 Å². The number of carbonyl (C=O) groups excluding carboxylic acids is 1. The lowest BCUT2D eigenvalue weighted by molar-refractivity contribution is -0.0689. The van der Waals surface area contributed by atoms with Gasteiger partial charge in [-0.15, -0.1) is 0 Å². The Balaban J connectivity index is 2.90. The lowest BCUT2D eigenvalue weighted by Gasteiger charge is -2.37. The Bertz CT molecular complexity index is 286. The summed E-state index contributed by atoms with van der Waals surface area (Å²) >= 11 is 0. The number of nitriles is 1. The molecule has 1 aliphatic rings. The third kappa shape index (κ3) is 2.15. The molecule has 0 aromatic rings. The molecule has 70 valence electrons. The fourth-order valence-electron chi connectivity index (χ4n) is 1.64. The second-order valence-corrected chi connectivity index (χ2v) is 3.88. The number of rotatable bonds is 1. The Hall–Kier alpha value is -1.17. The van der Waals surface area contributed by atoms with Gasteiger partial charge in [0.2, 0.25) is 6.08 Å². The highest BCUT2D eigenvalue weighted by atomic mass is 16.5. The molecule has 1 saturated heterocycles. The average Bonchev–Trinajstić information content (AvgIpc) is 2.03. The summed E-state index contributed by atoms with van der Waals surface area (Å²) in [4.78, 5) is 13.7.